The largest absolute Gasteiger partial charge is 0.304 e. The van der Waals surface area contributed by atoms with Crippen molar-refractivity contribution in [2.45, 2.75) is 24.4 Å². The molecule has 0 aromatic rings. The van der Waals surface area contributed by atoms with Crippen molar-refractivity contribution in [3.63, 3.8) is 0 Å². The van der Waals surface area contributed by atoms with Crippen LogP contribution in [-0.4, -0.2) is 43.3 Å². The van der Waals surface area contributed by atoms with E-state index in [2.05, 4.69) is 22.6 Å². The molecule has 2 N–H and O–H groups in total. The summed E-state index contributed by atoms with van der Waals surface area (Å²) in [7, 11) is 2.23. The summed E-state index contributed by atoms with van der Waals surface area (Å²) in [4.78, 5) is 2.45. The maximum atomic E-state index is 3.66. The quantitative estimate of drug-likeness (QED) is 0.514. The predicted molar refractivity (Wildman–Crippen MR) is 47.9 cm³/mol. The smallest absolute Gasteiger partial charge is 0.0461 e. The Morgan fingerprint density at radius 3 is 3.17 bits per heavy atom. The van der Waals surface area contributed by atoms with Crippen LogP contribution in [0.2, 0.25) is 0 Å². The second kappa shape index (κ2) is 2.22. The highest BCUT2D eigenvalue weighted by Crippen LogP contribution is 2.46. The van der Waals surface area contributed by atoms with Gasteiger partial charge in [-0.2, -0.15) is 0 Å². The van der Waals surface area contributed by atoms with E-state index in [9.17, 15) is 0 Å². The first kappa shape index (κ1) is 7.30. The van der Waals surface area contributed by atoms with Crippen molar-refractivity contribution in [2.75, 3.05) is 26.8 Å². The first-order valence-electron chi connectivity index (χ1n) is 4.97. The molecular weight excluding hydrogens is 150 g/mol. The summed E-state index contributed by atoms with van der Waals surface area (Å²) in [5.74, 6) is 0.927. The summed E-state index contributed by atoms with van der Waals surface area (Å²) in [6, 6.07) is 0.845. The van der Waals surface area contributed by atoms with Crippen molar-refractivity contribution in [3.05, 3.63) is 0 Å². The number of likely N-dealkylation sites (N-methyl/N-ethyl adjacent to an activating group) is 1. The van der Waals surface area contributed by atoms with Crippen molar-refractivity contribution in [2.24, 2.45) is 5.92 Å². The summed E-state index contributed by atoms with van der Waals surface area (Å²) in [6.45, 7) is 3.56. The van der Waals surface area contributed by atoms with Crippen LogP contribution in [0.3, 0.4) is 0 Å². The van der Waals surface area contributed by atoms with E-state index in [1.165, 1.54) is 25.9 Å². The molecule has 3 rings (SSSR count). The molecule has 68 valence electrons. The SMILES string of the molecule is CN1CCC2(C1)NCNC1CC12. The Balaban J connectivity index is 1.81. The number of rotatable bonds is 0. The molecule has 12 heavy (non-hydrogen) atoms. The Morgan fingerprint density at radius 2 is 2.42 bits per heavy atom. The molecule has 2 heterocycles. The standard InChI is InChI=1S/C9H17N3/c1-12-3-2-9(5-12)7-4-8(7)10-6-11-9/h7-8,10-11H,2-6H2,1H3. The summed E-state index contributed by atoms with van der Waals surface area (Å²) in [5, 5.41) is 7.16. The van der Waals surface area contributed by atoms with Gasteiger partial charge in [0.15, 0.2) is 0 Å². The molecule has 1 saturated carbocycles. The lowest BCUT2D eigenvalue weighted by Crippen LogP contribution is -2.57. The molecule has 3 unspecified atom stereocenters. The van der Waals surface area contributed by atoms with Crippen LogP contribution >= 0.6 is 0 Å². The maximum Gasteiger partial charge on any atom is 0.0461 e. The highest BCUT2D eigenvalue weighted by atomic mass is 15.3. The first-order valence-corrected chi connectivity index (χ1v) is 4.97. The number of hydrogen-bond acceptors (Lipinski definition) is 3. The zero-order valence-electron chi connectivity index (χ0n) is 7.64. The van der Waals surface area contributed by atoms with Crippen molar-refractivity contribution in [1.82, 2.24) is 15.5 Å². The normalized spacial score (nSPS) is 52.8. The van der Waals surface area contributed by atoms with E-state index in [1.807, 2.05) is 0 Å². The van der Waals surface area contributed by atoms with Gasteiger partial charge in [-0.3, -0.25) is 5.32 Å². The Kier molecular flexibility index (Phi) is 1.35. The molecule has 1 aliphatic carbocycles. The van der Waals surface area contributed by atoms with Gasteiger partial charge in [0.2, 0.25) is 0 Å². The van der Waals surface area contributed by atoms with Gasteiger partial charge in [-0.1, -0.05) is 0 Å². The Morgan fingerprint density at radius 1 is 1.50 bits per heavy atom. The molecule has 2 saturated heterocycles. The van der Waals surface area contributed by atoms with Crippen molar-refractivity contribution in [3.8, 4) is 0 Å². The van der Waals surface area contributed by atoms with Crippen LogP contribution in [0.15, 0.2) is 0 Å². The van der Waals surface area contributed by atoms with Crippen LogP contribution in [-0.2, 0) is 0 Å². The minimum absolute atomic E-state index is 0.491. The van der Waals surface area contributed by atoms with Crippen LogP contribution in [0.25, 0.3) is 0 Å². The lowest BCUT2D eigenvalue weighted by molar-refractivity contribution is 0.233. The van der Waals surface area contributed by atoms with E-state index >= 15 is 0 Å². The third-order valence-electron chi connectivity index (χ3n) is 3.80. The third-order valence-corrected chi connectivity index (χ3v) is 3.80. The van der Waals surface area contributed by atoms with Gasteiger partial charge in [0.1, 0.15) is 0 Å². The zero-order chi connectivity index (χ0) is 8.18. The summed E-state index contributed by atoms with van der Waals surface area (Å²) < 4.78 is 0. The van der Waals surface area contributed by atoms with Crippen LogP contribution in [0.5, 0.6) is 0 Å². The van der Waals surface area contributed by atoms with Crippen molar-refractivity contribution in [1.29, 1.82) is 0 Å². The first-order chi connectivity index (χ1) is 5.80. The van der Waals surface area contributed by atoms with E-state index in [1.54, 1.807) is 0 Å². The monoisotopic (exact) mass is 167 g/mol. The van der Waals surface area contributed by atoms with Gasteiger partial charge in [-0.05, 0) is 32.4 Å². The number of nitrogens with zero attached hydrogens (tertiary/aromatic N) is 1. The van der Waals surface area contributed by atoms with Crippen LogP contribution < -0.4 is 10.6 Å². The highest BCUT2D eigenvalue weighted by molar-refractivity contribution is 5.15. The van der Waals surface area contributed by atoms with Gasteiger partial charge in [-0.25, -0.2) is 0 Å². The molecule has 0 amide bonds. The molecule has 0 radical (unpaired) electrons. The van der Waals surface area contributed by atoms with Gasteiger partial charge in [0.25, 0.3) is 0 Å². The van der Waals surface area contributed by atoms with E-state index < -0.39 is 0 Å². The molecule has 3 atom stereocenters. The predicted octanol–water partition coefficient (Wildman–Crippen LogP) is -0.400. The number of hydrogen-bond donors (Lipinski definition) is 2. The second-order valence-electron chi connectivity index (χ2n) is 4.65. The van der Waals surface area contributed by atoms with E-state index in [0.29, 0.717) is 5.54 Å². The number of likely N-dealkylation sites (tertiary alicyclic amines) is 1. The molecular formula is C9H17N3. The average molecular weight is 167 g/mol. The summed E-state index contributed by atoms with van der Waals surface area (Å²) >= 11 is 0. The molecule has 0 bridgehead atoms. The molecule has 2 aliphatic heterocycles. The van der Waals surface area contributed by atoms with Gasteiger partial charge in [0, 0.05) is 24.8 Å². The minimum atomic E-state index is 0.491. The molecule has 3 heteroatoms. The summed E-state index contributed by atoms with van der Waals surface area (Å²) in [6.07, 6.45) is 2.76. The highest BCUT2D eigenvalue weighted by Gasteiger charge is 2.56. The fraction of sp³-hybridized carbons (Fsp3) is 1.00. The minimum Gasteiger partial charge on any atom is -0.304 e. The van der Waals surface area contributed by atoms with Gasteiger partial charge >= 0.3 is 0 Å². The summed E-state index contributed by atoms with van der Waals surface area (Å²) in [5.41, 5.74) is 0.491. The van der Waals surface area contributed by atoms with Gasteiger partial charge in [-0.15, -0.1) is 0 Å². The molecule has 1 spiro atoms. The lowest BCUT2D eigenvalue weighted by Gasteiger charge is -2.35. The Bertz CT molecular complexity index is 202. The van der Waals surface area contributed by atoms with Crippen molar-refractivity contribution < 1.29 is 0 Å². The van der Waals surface area contributed by atoms with E-state index in [-0.39, 0.29) is 0 Å². The number of fused-ring (bicyclic) bond motifs is 2. The fourth-order valence-electron chi connectivity index (χ4n) is 3.00. The molecule has 0 aromatic carbocycles. The molecule has 3 fully saturated rings. The fourth-order valence-corrected chi connectivity index (χ4v) is 3.00. The number of nitrogens with one attached hydrogen (secondary N) is 2. The van der Waals surface area contributed by atoms with Crippen LogP contribution in [0.4, 0.5) is 0 Å². The molecule has 3 aliphatic rings. The lowest BCUT2D eigenvalue weighted by atomic mass is 9.91. The Hall–Kier alpha value is -0.120. The topological polar surface area (TPSA) is 27.3 Å². The zero-order valence-corrected chi connectivity index (χ0v) is 7.64. The third kappa shape index (κ3) is 0.873. The van der Waals surface area contributed by atoms with Gasteiger partial charge < -0.3 is 10.2 Å². The molecule has 0 aromatic heterocycles. The van der Waals surface area contributed by atoms with Crippen molar-refractivity contribution >= 4 is 0 Å². The van der Waals surface area contributed by atoms with Crippen LogP contribution in [0, 0.1) is 5.92 Å². The van der Waals surface area contributed by atoms with Crippen LogP contribution in [0.1, 0.15) is 12.8 Å². The average Bonchev–Trinajstić information content (AvgIpc) is 2.74. The second-order valence-corrected chi connectivity index (χ2v) is 4.65. The van der Waals surface area contributed by atoms with E-state index in [0.717, 1.165) is 18.6 Å². The maximum absolute atomic E-state index is 3.66. The van der Waals surface area contributed by atoms with Gasteiger partial charge in [0.05, 0.1) is 0 Å². The Labute approximate surface area is 73.5 Å². The van der Waals surface area contributed by atoms with E-state index in [4.69, 9.17) is 0 Å². The molecule has 3 nitrogen and oxygen atoms in total.